The van der Waals surface area contributed by atoms with E-state index < -0.39 is 0 Å². The quantitative estimate of drug-likeness (QED) is 0.710. The van der Waals surface area contributed by atoms with Crippen molar-refractivity contribution in [2.24, 2.45) is 11.8 Å². The van der Waals surface area contributed by atoms with Gasteiger partial charge in [0.1, 0.15) is 6.10 Å². The summed E-state index contributed by atoms with van der Waals surface area (Å²) in [5.74, 6) is 0.746. The van der Waals surface area contributed by atoms with Crippen LogP contribution in [0.25, 0.3) is 0 Å². The van der Waals surface area contributed by atoms with Gasteiger partial charge in [-0.15, -0.1) is 0 Å². The predicted molar refractivity (Wildman–Crippen MR) is 79.2 cm³/mol. The minimum absolute atomic E-state index is 0.0703. The van der Waals surface area contributed by atoms with Crippen LogP contribution < -0.4 is 0 Å². The molecular weight excluding hydrogens is 236 g/mol. The molecule has 19 heavy (non-hydrogen) atoms. The third kappa shape index (κ3) is 5.56. The first-order valence-electron chi connectivity index (χ1n) is 7.23. The summed E-state index contributed by atoms with van der Waals surface area (Å²) in [6.45, 7) is 8.88. The van der Waals surface area contributed by atoms with E-state index in [0.717, 1.165) is 12.0 Å². The van der Waals surface area contributed by atoms with Crippen molar-refractivity contribution in [1.82, 2.24) is 0 Å². The van der Waals surface area contributed by atoms with Gasteiger partial charge in [0.25, 0.3) is 0 Å². The van der Waals surface area contributed by atoms with Gasteiger partial charge in [0.05, 0.1) is 0 Å². The first-order chi connectivity index (χ1) is 9.04. The zero-order valence-corrected chi connectivity index (χ0v) is 12.6. The molecule has 2 unspecified atom stereocenters. The topological polar surface area (TPSA) is 26.3 Å². The molecule has 106 valence electrons. The molecule has 2 nitrogen and oxygen atoms in total. The lowest BCUT2D eigenvalue weighted by Crippen LogP contribution is -2.32. The number of ether oxygens (including phenoxy) is 1. The van der Waals surface area contributed by atoms with E-state index in [1.165, 1.54) is 0 Å². The van der Waals surface area contributed by atoms with Gasteiger partial charge in [-0.2, -0.15) is 0 Å². The first kappa shape index (κ1) is 15.9. The molecule has 1 rings (SSSR count). The Bertz CT molecular complexity index is 370. The Balaban J connectivity index is 2.71. The van der Waals surface area contributed by atoms with E-state index in [1.807, 2.05) is 32.0 Å². The summed E-state index contributed by atoms with van der Waals surface area (Å²) >= 11 is 0. The smallest absolute Gasteiger partial charge is 0.164 e. The number of benzene rings is 1. The molecule has 0 saturated carbocycles. The van der Waals surface area contributed by atoms with Gasteiger partial charge >= 0.3 is 0 Å². The highest BCUT2D eigenvalue weighted by atomic mass is 16.5. The Morgan fingerprint density at radius 1 is 1.16 bits per heavy atom. The van der Waals surface area contributed by atoms with Gasteiger partial charge in [0.15, 0.2) is 5.78 Å². The van der Waals surface area contributed by atoms with Crippen molar-refractivity contribution in [3.8, 4) is 0 Å². The van der Waals surface area contributed by atoms with Crippen molar-refractivity contribution in [3.63, 3.8) is 0 Å². The lowest BCUT2D eigenvalue weighted by Gasteiger charge is -2.21. The van der Waals surface area contributed by atoms with Crippen molar-refractivity contribution in [2.45, 2.75) is 46.6 Å². The van der Waals surface area contributed by atoms with Crippen molar-refractivity contribution < 1.29 is 9.53 Å². The van der Waals surface area contributed by atoms with E-state index in [4.69, 9.17) is 4.74 Å². The normalized spacial score (nSPS) is 14.4. The molecule has 0 spiro atoms. The highest BCUT2D eigenvalue weighted by Crippen LogP contribution is 2.14. The van der Waals surface area contributed by atoms with Crippen LogP contribution in [0.15, 0.2) is 30.3 Å². The van der Waals surface area contributed by atoms with E-state index >= 15 is 0 Å². The van der Waals surface area contributed by atoms with Gasteiger partial charge in [-0.1, -0.05) is 58.0 Å². The standard InChI is InChI=1S/C17H26O2/c1-5-14(4)17(18)16(19-12-13(2)3)11-15-9-7-6-8-10-15/h6-10,13-14,16H,5,11-12H2,1-4H3. The number of hydrogen-bond donors (Lipinski definition) is 0. The maximum Gasteiger partial charge on any atom is 0.164 e. The molecular formula is C17H26O2. The molecule has 0 fully saturated rings. The number of hydrogen-bond acceptors (Lipinski definition) is 2. The van der Waals surface area contributed by atoms with Crippen LogP contribution in [0.3, 0.4) is 0 Å². The summed E-state index contributed by atoms with van der Waals surface area (Å²) in [7, 11) is 0. The second-order valence-electron chi connectivity index (χ2n) is 5.62. The van der Waals surface area contributed by atoms with Crippen LogP contribution in [-0.2, 0) is 16.0 Å². The molecule has 0 radical (unpaired) electrons. The number of ketones is 1. The van der Waals surface area contributed by atoms with Gasteiger partial charge in [-0.25, -0.2) is 0 Å². The molecule has 0 aliphatic rings. The Hall–Kier alpha value is -1.15. The molecule has 0 aliphatic heterocycles. The summed E-state index contributed by atoms with van der Waals surface area (Å²) in [6.07, 6.45) is 1.24. The lowest BCUT2D eigenvalue weighted by atomic mass is 9.95. The minimum atomic E-state index is -0.306. The average molecular weight is 262 g/mol. The second kappa shape index (κ2) is 8.11. The highest BCUT2D eigenvalue weighted by Gasteiger charge is 2.24. The van der Waals surface area contributed by atoms with Crippen LogP contribution >= 0.6 is 0 Å². The number of Topliss-reactive ketones (excluding diaryl/α,β-unsaturated/α-hetero) is 1. The maximum atomic E-state index is 12.4. The van der Waals surface area contributed by atoms with Crippen molar-refractivity contribution in [3.05, 3.63) is 35.9 Å². The predicted octanol–water partition coefficient (Wildman–Crippen LogP) is 3.89. The van der Waals surface area contributed by atoms with Crippen molar-refractivity contribution >= 4 is 5.78 Å². The monoisotopic (exact) mass is 262 g/mol. The molecule has 2 heteroatoms. The zero-order chi connectivity index (χ0) is 14.3. The third-order valence-electron chi connectivity index (χ3n) is 3.31. The molecule has 0 heterocycles. The van der Waals surface area contributed by atoms with Crippen LogP contribution in [0.1, 0.15) is 39.7 Å². The van der Waals surface area contributed by atoms with Gasteiger partial charge in [-0.3, -0.25) is 4.79 Å². The van der Waals surface area contributed by atoms with Crippen LogP contribution in [-0.4, -0.2) is 18.5 Å². The second-order valence-corrected chi connectivity index (χ2v) is 5.62. The summed E-state index contributed by atoms with van der Waals surface area (Å²) in [5, 5.41) is 0. The Labute approximate surface area is 117 Å². The Morgan fingerprint density at radius 3 is 2.32 bits per heavy atom. The van der Waals surface area contributed by atoms with Crippen LogP contribution in [0, 0.1) is 11.8 Å². The first-order valence-corrected chi connectivity index (χ1v) is 7.23. The molecule has 2 atom stereocenters. The van der Waals surface area contributed by atoms with Crippen molar-refractivity contribution in [1.29, 1.82) is 0 Å². The maximum absolute atomic E-state index is 12.4. The minimum Gasteiger partial charge on any atom is -0.370 e. The lowest BCUT2D eigenvalue weighted by molar-refractivity contribution is -0.134. The number of carbonyl (C=O) groups is 1. The molecule has 0 N–H and O–H groups in total. The molecule has 0 saturated heterocycles. The molecule has 1 aromatic carbocycles. The average Bonchev–Trinajstić information content (AvgIpc) is 2.42. The van der Waals surface area contributed by atoms with E-state index in [9.17, 15) is 4.79 Å². The summed E-state index contributed by atoms with van der Waals surface area (Å²) < 4.78 is 5.84. The van der Waals surface area contributed by atoms with Crippen LogP contribution in [0.4, 0.5) is 0 Å². The zero-order valence-electron chi connectivity index (χ0n) is 12.6. The number of rotatable bonds is 8. The van der Waals surface area contributed by atoms with Crippen LogP contribution in [0.2, 0.25) is 0 Å². The van der Waals surface area contributed by atoms with Gasteiger partial charge < -0.3 is 4.74 Å². The fourth-order valence-electron chi connectivity index (χ4n) is 1.90. The van der Waals surface area contributed by atoms with Gasteiger partial charge in [-0.05, 0) is 17.9 Å². The molecule has 1 aromatic rings. The van der Waals surface area contributed by atoms with E-state index in [1.54, 1.807) is 0 Å². The Morgan fingerprint density at radius 2 is 1.79 bits per heavy atom. The SMILES string of the molecule is CCC(C)C(=O)C(Cc1ccccc1)OCC(C)C. The largest absolute Gasteiger partial charge is 0.370 e. The molecule has 0 aliphatic carbocycles. The van der Waals surface area contributed by atoms with Gasteiger partial charge in [0, 0.05) is 18.9 Å². The molecule has 0 amide bonds. The van der Waals surface area contributed by atoms with Crippen LogP contribution in [0.5, 0.6) is 0 Å². The van der Waals surface area contributed by atoms with E-state index in [0.29, 0.717) is 18.9 Å². The molecule has 0 aromatic heterocycles. The summed E-state index contributed by atoms with van der Waals surface area (Å²) in [4.78, 5) is 12.4. The van der Waals surface area contributed by atoms with E-state index in [2.05, 4.69) is 26.0 Å². The summed E-state index contributed by atoms with van der Waals surface area (Å²) in [5.41, 5.74) is 1.16. The van der Waals surface area contributed by atoms with Gasteiger partial charge in [0.2, 0.25) is 0 Å². The Kier molecular flexibility index (Phi) is 6.79. The fourth-order valence-corrected chi connectivity index (χ4v) is 1.90. The fraction of sp³-hybridized carbons (Fsp3) is 0.588. The van der Waals surface area contributed by atoms with E-state index in [-0.39, 0.29) is 17.8 Å². The van der Waals surface area contributed by atoms with Crippen molar-refractivity contribution in [2.75, 3.05) is 6.61 Å². The molecule has 0 bridgehead atoms. The highest BCUT2D eigenvalue weighted by molar-refractivity contribution is 5.85. The number of carbonyl (C=O) groups excluding carboxylic acids is 1. The third-order valence-corrected chi connectivity index (χ3v) is 3.31. The summed E-state index contributed by atoms with van der Waals surface area (Å²) in [6, 6.07) is 10.1.